The normalized spacial score (nSPS) is 13.6. The standard InChI is InChI=1S/C124H116Br2N2S2/c1-119(2,3)99-57-45-85(46-58-99)81-29-37-89(38-30-81)105-71-95(79-25-21-19-22-26-79)72-106(90-39-31-82(32-40-90)86-47-59-100(60-48-86)120(4,5)6)113(105)97-75-109(93-53-65-103(66-54-93)123(13,14)15)115(110(76-97)94-55-67-104(68-56-94)124(16,17)18)127-117-118(130-70-69-129-117)128-116-111(125)77-98(78-112(116)126)114-107(91-41-33-83(34-42-91)87-49-61-101(62-50-87)121(7,8)9)73-96(80-27-23-20-24-28-80)74-108(114)92-43-35-84(36-44-92)88-51-63-102(64-52-88)122(10,11)12/h19-68,71-78H,69-70H2,1-18H3. The summed E-state index contributed by atoms with van der Waals surface area (Å²) in [5.41, 5.74) is 40.9. The molecule has 130 heavy (non-hydrogen) atoms. The molecule has 0 aliphatic carbocycles. The van der Waals surface area contributed by atoms with E-state index in [1.165, 1.54) is 77.9 Å². The highest BCUT2D eigenvalue weighted by Gasteiger charge is 2.29. The predicted molar refractivity (Wildman–Crippen MR) is 576 cm³/mol. The second kappa shape index (κ2) is 36.7. The molecule has 1 aliphatic heterocycles. The molecule has 0 saturated carbocycles. The lowest BCUT2D eigenvalue weighted by atomic mass is 9.81. The summed E-state index contributed by atoms with van der Waals surface area (Å²) in [5, 5.41) is 1.72. The van der Waals surface area contributed by atoms with Crippen molar-refractivity contribution >= 4 is 76.8 Å². The van der Waals surface area contributed by atoms with Crippen LogP contribution < -0.4 is 0 Å². The van der Waals surface area contributed by atoms with Crippen LogP contribution in [0.15, 0.2) is 371 Å². The number of thioether (sulfide) groups is 2. The Morgan fingerprint density at radius 2 is 0.362 bits per heavy atom. The third-order valence-corrected chi connectivity index (χ3v) is 29.1. The van der Waals surface area contributed by atoms with Gasteiger partial charge in [0.1, 0.15) is 10.1 Å². The highest BCUT2D eigenvalue weighted by molar-refractivity contribution is 9.11. The fourth-order valence-corrected chi connectivity index (χ4v) is 21.1. The molecule has 1 aliphatic rings. The first-order chi connectivity index (χ1) is 62.0. The zero-order valence-electron chi connectivity index (χ0n) is 78.4. The average molecular weight is 1860 g/mol. The molecule has 1 heterocycles. The maximum atomic E-state index is 6.18. The Hall–Kier alpha value is -11.5. The molecule has 1 saturated heterocycles. The van der Waals surface area contributed by atoms with Crippen LogP contribution in [-0.2, 0) is 32.5 Å². The maximum Gasteiger partial charge on any atom is 0.129 e. The van der Waals surface area contributed by atoms with Gasteiger partial charge in [-0.1, -0.05) is 428 Å². The highest BCUT2D eigenvalue weighted by atomic mass is 79.9. The second-order valence-electron chi connectivity index (χ2n) is 41.1. The molecule has 0 atom stereocenters. The van der Waals surface area contributed by atoms with E-state index in [1.54, 1.807) is 23.5 Å². The molecule has 0 aromatic heterocycles. The predicted octanol–water partition coefficient (Wildman–Crippen LogP) is 37.6. The Kier molecular flexibility index (Phi) is 25.5. The number of hydrogen-bond acceptors (Lipinski definition) is 4. The van der Waals surface area contributed by atoms with Crippen molar-refractivity contribution in [2.24, 2.45) is 9.98 Å². The Balaban J connectivity index is 0.866. The number of aliphatic imine (C=N–C) groups is 2. The molecule has 0 spiro atoms. The molecular weight excluding hydrogens is 1740 g/mol. The van der Waals surface area contributed by atoms with Crippen molar-refractivity contribution in [3.63, 3.8) is 0 Å². The van der Waals surface area contributed by atoms with Crippen LogP contribution >= 0.6 is 55.4 Å². The maximum absolute atomic E-state index is 6.18. The first kappa shape index (κ1) is 90.5. The summed E-state index contributed by atoms with van der Waals surface area (Å²) in [5.74, 6) is 1.72. The van der Waals surface area contributed by atoms with Gasteiger partial charge in [-0.05, 0) is 291 Å². The van der Waals surface area contributed by atoms with Crippen molar-refractivity contribution in [2.75, 3.05) is 11.5 Å². The van der Waals surface area contributed by atoms with Gasteiger partial charge in [-0.3, -0.25) is 0 Å². The number of benzene rings is 16. The average Bonchev–Trinajstić information content (AvgIpc) is 0.755. The lowest BCUT2D eigenvalue weighted by Crippen LogP contribution is -2.14. The molecular formula is C124H116Br2N2S2. The summed E-state index contributed by atoms with van der Waals surface area (Å²) in [6, 6.07) is 133. The second-order valence-corrected chi connectivity index (χ2v) is 45.0. The largest absolute Gasteiger partial charge is 0.238 e. The number of rotatable bonds is 16. The van der Waals surface area contributed by atoms with E-state index in [0.29, 0.717) is 0 Å². The molecule has 16 aromatic carbocycles. The van der Waals surface area contributed by atoms with Gasteiger partial charge in [0.2, 0.25) is 0 Å². The summed E-state index contributed by atoms with van der Waals surface area (Å²) in [6.45, 7) is 41.1. The molecule has 0 unspecified atom stereocenters. The van der Waals surface area contributed by atoms with Crippen molar-refractivity contribution in [2.45, 2.75) is 157 Å². The molecule has 648 valence electrons. The van der Waals surface area contributed by atoms with E-state index in [-0.39, 0.29) is 32.5 Å². The van der Waals surface area contributed by atoms with E-state index in [9.17, 15) is 0 Å². The van der Waals surface area contributed by atoms with Gasteiger partial charge < -0.3 is 0 Å². The summed E-state index contributed by atoms with van der Waals surface area (Å²) in [4.78, 5) is 12.0. The third-order valence-electron chi connectivity index (χ3n) is 25.6. The van der Waals surface area contributed by atoms with Gasteiger partial charge in [0.05, 0.1) is 11.4 Å². The van der Waals surface area contributed by atoms with Crippen LogP contribution in [0.5, 0.6) is 0 Å². The van der Waals surface area contributed by atoms with E-state index in [0.717, 1.165) is 153 Å². The Labute approximate surface area is 798 Å². The van der Waals surface area contributed by atoms with Crippen molar-refractivity contribution in [1.29, 1.82) is 0 Å². The zero-order valence-corrected chi connectivity index (χ0v) is 83.2. The fourth-order valence-electron chi connectivity index (χ4n) is 17.7. The third kappa shape index (κ3) is 19.9. The first-order valence-corrected chi connectivity index (χ1v) is 49.2. The van der Waals surface area contributed by atoms with Crippen LogP contribution in [0, 0.1) is 0 Å². The van der Waals surface area contributed by atoms with Crippen molar-refractivity contribution in [1.82, 2.24) is 0 Å². The minimum atomic E-state index is -0.0940. The molecule has 0 bridgehead atoms. The molecule has 0 N–H and O–H groups in total. The minimum absolute atomic E-state index is 0.0366. The van der Waals surface area contributed by atoms with E-state index in [4.69, 9.17) is 9.98 Å². The topological polar surface area (TPSA) is 24.7 Å². The zero-order chi connectivity index (χ0) is 91.3. The van der Waals surface area contributed by atoms with Gasteiger partial charge in [-0.15, -0.1) is 23.5 Å². The summed E-state index contributed by atoms with van der Waals surface area (Å²) in [6.07, 6.45) is 0. The highest BCUT2D eigenvalue weighted by Crippen LogP contribution is 2.53. The SMILES string of the molecule is CC(C)(C)c1ccc(-c2ccc(-c3cc(-c4ccccc4)cc(-c4ccc(-c5ccc(C(C)(C)C)cc5)cc4)c3-c3cc(Br)c(N=C4SCCSC4=Nc4c(-c5ccc(C(C)(C)C)cc5)cc(-c5c(-c6ccc(-c7ccc(C(C)(C)C)cc7)cc6)cc(-c6ccccc6)cc5-c5ccc(-c6ccc(C(C)(C)C)cc6)cc5)cc4-c4ccc(C(C)(C)C)cc4)c(Br)c3)cc2)cc1. The molecule has 2 nitrogen and oxygen atoms in total. The molecule has 17 rings (SSSR count). The van der Waals surface area contributed by atoms with Gasteiger partial charge in [-0.25, -0.2) is 9.98 Å². The first-order valence-electron chi connectivity index (χ1n) is 45.7. The summed E-state index contributed by atoms with van der Waals surface area (Å²) < 4.78 is 1.71. The van der Waals surface area contributed by atoms with Gasteiger partial charge in [-0.2, -0.15) is 0 Å². The Morgan fingerprint density at radius 1 is 0.185 bits per heavy atom. The smallest absolute Gasteiger partial charge is 0.129 e. The molecule has 0 radical (unpaired) electrons. The Morgan fingerprint density at radius 3 is 0.592 bits per heavy atom. The van der Waals surface area contributed by atoms with E-state index >= 15 is 0 Å². The van der Waals surface area contributed by atoms with E-state index in [1.807, 2.05) is 0 Å². The molecule has 0 amide bonds. The summed E-state index contributed by atoms with van der Waals surface area (Å²) in [7, 11) is 0. The lowest BCUT2D eigenvalue weighted by molar-refractivity contribution is 0.590. The van der Waals surface area contributed by atoms with Crippen molar-refractivity contribution in [3.8, 4) is 156 Å². The quantitative estimate of drug-likeness (QED) is 0.0963. The van der Waals surface area contributed by atoms with Gasteiger partial charge in [0.25, 0.3) is 0 Å². The fraction of sp³-hybridized carbons (Fsp3) is 0.210. The van der Waals surface area contributed by atoms with E-state index in [2.05, 4.69) is 508 Å². The molecule has 16 aromatic rings. The van der Waals surface area contributed by atoms with Crippen LogP contribution in [0.2, 0.25) is 0 Å². The van der Waals surface area contributed by atoms with E-state index < -0.39 is 0 Å². The minimum Gasteiger partial charge on any atom is -0.238 e. The van der Waals surface area contributed by atoms with Crippen LogP contribution in [0.1, 0.15) is 158 Å². The summed E-state index contributed by atoms with van der Waals surface area (Å²) >= 11 is 12.2. The molecule has 1 fully saturated rings. The van der Waals surface area contributed by atoms with Gasteiger partial charge in [0.15, 0.2) is 0 Å². The van der Waals surface area contributed by atoms with Gasteiger partial charge in [0, 0.05) is 31.6 Å². The van der Waals surface area contributed by atoms with Crippen molar-refractivity contribution in [3.05, 3.63) is 394 Å². The lowest BCUT2D eigenvalue weighted by Gasteiger charge is -2.24. The number of nitrogens with zero attached hydrogens (tertiary/aromatic N) is 2. The van der Waals surface area contributed by atoms with Crippen LogP contribution in [0.4, 0.5) is 11.4 Å². The molecule has 6 heteroatoms. The van der Waals surface area contributed by atoms with Crippen LogP contribution in [0.25, 0.3) is 156 Å². The number of hydrogen-bond donors (Lipinski definition) is 0. The monoisotopic (exact) mass is 1850 g/mol. The van der Waals surface area contributed by atoms with Crippen LogP contribution in [-0.4, -0.2) is 21.6 Å². The Bertz CT molecular complexity index is 6520. The number of halogens is 2. The van der Waals surface area contributed by atoms with Gasteiger partial charge >= 0.3 is 0 Å². The van der Waals surface area contributed by atoms with Crippen molar-refractivity contribution < 1.29 is 0 Å². The van der Waals surface area contributed by atoms with Crippen LogP contribution in [0.3, 0.4) is 0 Å².